The molecule has 3 rings (SSSR count). The first-order valence-electron chi connectivity index (χ1n) is 31.3. The molecule has 0 unspecified atom stereocenters. The molecule has 3 saturated heterocycles. The monoisotopic (exact) mass is 1160 g/mol. The lowest BCUT2D eigenvalue weighted by molar-refractivity contribution is -0.338. The van der Waals surface area contributed by atoms with Gasteiger partial charge in [-0.25, -0.2) is 0 Å². The Bertz CT molecular complexity index is 1530. The number of carbonyl (C=O) groups excluding carboxylic acids is 1. The van der Waals surface area contributed by atoms with E-state index in [4.69, 9.17) is 28.4 Å². The number of carbonyl (C=O) groups is 1. The van der Waals surface area contributed by atoms with Crippen LogP contribution in [0.25, 0.3) is 0 Å². The number of amides is 1. The van der Waals surface area contributed by atoms with Crippen molar-refractivity contribution in [3.63, 3.8) is 0 Å². The zero-order chi connectivity index (χ0) is 58.8. The van der Waals surface area contributed by atoms with Gasteiger partial charge in [0, 0.05) is 0 Å². The molecule has 0 spiro atoms. The highest BCUT2D eigenvalue weighted by Crippen LogP contribution is 2.36. The van der Waals surface area contributed by atoms with Gasteiger partial charge in [-0.3, -0.25) is 4.79 Å². The lowest BCUT2D eigenvalue weighted by Crippen LogP contribution is -2.62. The minimum atomic E-state index is -1.96. The van der Waals surface area contributed by atoms with Gasteiger partial charge < -0.3 is 100 Å². The highest BCUT2D eigenvalue weighted by Gasteiger charge is 2.56. The van der Waals surface area contributed by atoms with Gasteiger partial charge in [0.25, 0.3) is 0 Å². The Kier molecular flexibility index (Phi) is 38.8. The highest BCUT2D eigenvalue weighted by atomic mass is 16.8. The third kappa shape index (κ3) is 26.5. The molecule has 0 saturated carbocycles. The summed E-state index contributed by atoms with van der Waals surface area (Å²) in [4.78, 5) is 13.5. The summed E-state index contributed by atoms with van der Waals surface area (Å²) in [6, 6.07) is -1.37. The van der Waals surface area contributed by atoms with E-state index < -0.39 is 149 Å². The Morgan fingerprint density at radius 2 is 0.900 bits per heavy atom. The van der Waals surface area contributed by atoms with Gasteiger partial charge in [0.1, 0.15) is 85.5 Å². The van der Waals surface area contributed by atoms with Crippen LogP contribution in [-0.4, -0.2) is 215 Å². The number of ether oxygens (including phenoxy) is 6. The van der Waals surface area contributed by atoms with Crippen LogP contribution in [0.1, 0.15) is 220 Å². The SMILES string of the molecule is CCCCCCCCCCCCCCCCCCCCCC[C@@H](O)C(=O)N[C@@H](CO[C@H]1O[C@H](CO)[C@H](O)[C@H](O[C@@H]2O[C@@H]([C@H](O)CO)[C@H](O)[C@H]2O[C@H]2O[C@@H]([C@H](O)CO)[C@H](O)[C@H]2O)[C@H]1O)[C@H](O)[C@H](O)CCCCCCCCCCC(C)C. The second kappa shape index (κ2) is 42.5. The van der Waals surface area contributed by atoms with Crippen LogP contribution in [0.4, 0.5) is 0 Å². The molecule has 21 nitrogen and oxygen atoms in total. The zero-order valence-corrected chi connectivity index (χ0v) is 49.0. The fraction of sp³-hybridized carbons (Fsp3) is 0.983. The Labute approximate surface area is 478 Å². The van der Waals surface area contributed by atoms with Crippen molar-refractivity contribution in [2.75, 3.05) is 26.4 Å². The Morgan fingerprint density at radius 3 is 1.36 bits per heavy atom. The number of aliphatic hydroxyl groups is 13. The number of hydrogen-bond donors (Lipinski definition) is 14. The first-order chi connectivity index (χ1) is 38.5. The Hall–Kier alpha value is -1.29. The Balaban J connectivity index is 1.58. The van der Waals surface area contributed by atoms with Gasteiger partial charge in [-0.1, -0.05) is 207 Å². The van der Waals surface area contributed by atoms with Crippen molar-refractivity contribution in [3.8, 4) is 0 Å². The largest absolute Gasteiger partial charge is 0.394 e. The average molecular weight is 1160 g/mol. The normalized spacial score (nSPS) is 29.5. The van der Waals surface area contributed by atoms with Crippen molar-refractivity contribution in [1.29, 1.82) is 0 Å². The molecule has 474 valence electrons. The molecule has 0 aromatic heterocycles. The van der Waals surface area contributed by atoms with E-state index in [-0.39, 0.29) is 12.8 Å². The van der Waals surface area contributed by atoms with Gasteiger partial charge >= 0.3 is 0 Å². The topological polar surface area (TPSA) is 347 Å². The number of nitrogens with one attached hydrogen (secondary N) is 1. The van der Waals surface area contributed by atoms with E-state index in [1.54, 1.807) is 0 Å². The molecule has 0 radical (unpaired) electrons. The molecule has 21 heteroatoms. The van der Waals surface area contributed by atoms with Crippen LogP contribution in [0.5, 0.6) is 0 Å². The van der Waals surface area contributed by atoms with Crippen molar-refractivity contribution in [2.45, 2.75) is 336 Å². The molecule has 0 aromatic carbocycles. The van der Waals surface area contributed by atoms with E-state index in [0.717, 1.165) is 51.4 Å². The molecule has 14 N–H and O–H groups in total. The number of aliphatic hydroxyl groups excluding tert-OH is 13. The number of hydrogen-bond acceptors (Lipinski definition) is 20. The molecular weight excluding hydrogens is 1040 g/mol. The third-order valence-corrected chi connectivity index (χ3v) is 16.3. The first kappa shape index (κ1) is 73.0. The molecule has 19 atom stereocenters. The van der Waals surface area contributed by atoms with E-state index in [1.165, 1.54) is 122 Å². The lowest BCUT2D eigenvalue weighted by atomic mass is 9.98. The summed E-state index contributed by atoms with van der Waals surface area (Å²) >= 11 is 0. The highest BCUT2D eigenvalue weighted by molar-refractivity contribution is 5.80. The van der Waals surface area contributed by atoms with Crippen LogP contribution < -0.4 is 5.32 Å². The molecule has 0 aliphatic carbocycles. The van der Waals surface area contributed by atoms with Gasteiger partial charge in [0.15, 0.2) is 18.9 Å². The fourth-order valence-electron chi connectivity index (χ4n) is 11.0. The predicted octanol–water partition coefficient (Wildman–Crippen LogP) is 3.79. The summed E-state index contributed by atoms with van der Waals surface area (Å²) in [6.45, 7) is 3.47. The van der Waals surface area contributed by atoms with Crippen LogP contribution in [0.3, 0.4) is 0 Å². The zero-order valence-electron chi connectivity index (χ0n) is 49.0. The summed E-state index contributed by atoms with van der Waals surface area (Å²) in [7, 11) is 0. The van der Waals surface area contributed by atoms with Crippen molar-refractivity contribution in [3.05, 3.63) is 0 Å². The van der Waals surface area contributed by atoms with Gasteiger partial charge in [0.2, 0.25) is 5.91 Å². The number of unbranched alkanes of at least 4 members (excludes halogenated alkanes) is 26. The van der Waals surface area contributed by atoms with E-state index in [1.807, 2.05) is 0 Å². The maximum atomic E-state index is 13.5. The predicted molar refractivity (Wildman–Crippen MR) is 299 cm³/mol. The van der Waals surface area contributed by atoms with Gasteiger partial charge in [0.05, 0.1) is 38.6 Å². The Morgan fingerprint density at radius 1 is 0.475 bits per heavy atom. The standard InChI is InChI=1S/C59H113NO20/c1-4-5-6-7-8-9-10-11-12-13-14-15-16-17-18-19-20-25-28-31-34-42(65)56(74)60-40(46(68)41(64)33-30-27-24-22-21-23-26-29-32-39(2)3)38-75-57-51(73)54(47(69)45(37-63)76-57)79-59-55(50(72)53(78-59)44(67)36-62)80-58-49(71)48(70)52(77-58)43(66)35-61/h39-55,57-59,61-73H,4-38H2,1-3H3,(H,60,74)/t40-,41+,42+,43+,44+,45+,46-,47-,48+,49+,50-,51+,52-,53-,54-,55+,57-,58+,59-/m0/s1. The molecule has 0 aromatic rings. The maximum Gasteiger partial charge on any atom is 0.249 e. The molecule has 3 fully saturated rings. The van der Waals surface area contributed by atoms with Gasteiger partial charge in [-0.2, -0.15) is 0 Å². The number of rotatable bonds is 48. The van der Waals surface area contributed by atoms with Crippen molar-refractivity contribution in [1.82, 2.24) is 5.32 Å². The molecule has 0 bridgehead atoms. The minimum absolute atomic E-state index is 0.157. The molecular formula is C59H113NO20. The molecule has 3 aliphatic rings. The third-order valence-electron chi connectivity index (χ3n) is 16.3. The molecule has 3 aliphatic heterocycles. The summed E-state index contributed by atoms with van der Waals surface area (Å²) in [5.41, 5.74) is 0. The van der Waals surface area contributed by atoms with Crippen LogP contribution in [0.15, 0.2) is 0 Å². The summed E-state index contributed by atoms with van der Waals surface area (Å²) in [6.07, 6.45) is 3.44. The fourth-order valence-corrected chi connectivity index (χ4v) is 11.0. The lowest BCUT2D eigenvalue weighted by Gasteiger charge is -2.43. The summed E-state index contributed by atoms with van der Waals surface area (Å²) in [5, 5.41) is 142. The van der Waals surface area contributed by atoms with E-state index in [9.17, 15) is 71.2 Å². The average Bonchev–Trinajstić information content (AvgIpc) is 3.96. The van der Waals surface area contributed by atoms with Crippen LogP contribution in [-0.2, 0) is 33.2 Å². The van der Waals surface area contributed by atoms with E-state index in [0.29, 0.717) is 18.8 Å². The molecule has 80 heavy (non-hydrogen) atoms. The quantitative estimate of drug-likeness (QED) is 0.0385. The summed E-state index contributed by atoms with van der Waals surface area (Å²) in [5.74, 6) is -0.117. The maximum absolute atomic E-state index is 13.5. The van der Waals surface area contributed by atoms with Gasteiger partial charge in [-0.15, -0.1) is 0 Å². The minimum Gasteiger partial charge on any atom is -0.394 e. The van der Waals surface area contributed by atoms with E-state index >= 15 is 0 Å². The second-order valence-corrected chi connectivity index (χ2v) is 23.6. The van der Waals surface area contributed by atoms with Gasteiger partial charge in [-0.05, 0) is 18.8 Å². The second-order valence-electron chi connectivity index (χ2n) is 23.6. The van der Waals surface area contributed by atoms with E-state index in [2.05, 4.69) is 26.1 Å². The van der Waals surface area contributed by atoms with Crippen LogP contribution in [0.2, 0.25) is 0 Å². The van der Waals surface area contributed by atoms with Crippen molar-refractivity contribution in [2.24, 2.45) is 5.92 Å². The van der Waals surface area contributed by atoms with Crippen LogP contribution >= 0.6 is 0 Å². The molecule has 1 amide bonds. The smallest absolute Gasteiger partial charge is 0.249 e. The van der Waals surface area contributed by atoms with Crippen molar-refractivity contribution >= 4 is 5.91 Å². The summed E-state index contributed by atoms with van der Waals surface area (Å²) < 4.78 is 34.5. The van der Waals surface area contributed by atoms with Crippen molar-refractivity contribution < 1.29 is 99.6 Å². The van der Waals surface area contributed by atoms with Crippen LogP contribution in [0, 0.1) is 5.92 Å². The first-order valence-corrected chi connectivity index (χ1v) is 31.3. The molecule has 3 heterocycles.